The molecule has 4 rings (SSSR count). The molecule has 0 saturated carbocycles. The number of anilines is 2. The first-order chi connectivity index (χ1) is 12.7. The van der Waals surface area contributed by atoms with E-state index in [1.807, 2.05) is 43.3 Å². The highest BCUT2D eigenvalue weighted by Crippen LogP contribution is 2.34. The quantitative estimate of drug-likeness (QED) is 0.750. The van der Waals surface area contributed by atoms with Gasteiger partial charge in [-0.3, -0.25) is 4.79 Å². The lowest BCUT2D eigenvalue weighted by Crippen LogP contribution is -2.39. The minimum absolute atomic E-state index is 0.00865. The van der Waals surface area contributed by atoms with Crippen LogP contribution >= 0.6 is 11.3 Å². The molecule has 2 heterocycles. The monoisotopic (exact) mass is 367 g/mol. The summed E-state index contributed by atoms with van der Waals surface area (Å²) in [6.45, 7) is 2.85. The van der Waals surface area contributed by atoms with Gasteiger partial charge in [-0.25, -0.2) is 4.98 Å². The number of hydrogen-bond donors (Lipinski definition) is 1. The first-order valence-corrected chi connectivity index (χ1v) is 9.55. The molecular weight excluding hydrogens is 346 g/mol. The van der Waals surface area contributed by atoms with Gasteiger partial charge in [0.25, 0.3) is 0 Å². The molecule has 3 aromatic rings. The lowest BCUT2D eigenvalue weighted by Gasteiger charge is -2.23. The third-order valence-corrected chi connectivity index (χ3v) is 5.77. The van der Waals surface area contributed by atoms with E-state index < -0.39 is 0 Å². The van der Waals surface area contributed by atoms with Crippen molar-refractivity contribution in [3.63, 3.8) is 0 Å². The summed E-state index contributed by atoms with van der Waals surface area (Å²) in [7, 11) is 1.61. The van der Waals surface area contributed by atoms with Crippen LogP contribution in [0.15, 0.2) is 42.5 Å². The predicted octanol–water partition coefficient (Wildman–Crippen LogP) is 4.22. The van der Waals surface area contributed by atoms with Gasteiger partial charge in [-0.05, 0) is 49.6 Å². The molecule has 1 unspecified atom stereocenters. The van der Waals surface area contributed by atoms with Crippen LogP contribution in [0.3, 0.4) is 0 Å². The number of thiazole rings is 1. The molecule has 0 aliphatic carbocycles. The molecule has 134 valence electrons. The van der Waals surface area contributed by atoms with Crippen molar-refractivity contribution < 1.29 is 9.53 Å². The number of ether oxygens (including phenoxy) is 1. The molecule has 1 saturated heterocycles. The average molecular weight is 367 g/mol. The molecule has 2 aromatic carbocycles. The van der Waals surface area contributed by atoms with E-state index in [1.165, 1.54) is 0 Å². The molecule has 1 aliphatic rings. The van der Waals surface area contributed by atoms with Gasteiger partial charge in [-0.2, -0.15) is 0 Å². The molecule has 1 fully saturated rings. The third-order valence-electron chi connectivity index (χ3n) is 4.70. The number of carbonyl (C=O) groups is 1. The number of amides is 1. The number of rotatable bonds is 4. The van der Waals surface area contributed by atoms with Crippen molar-refractivity contribution in [2.45, 2.75) is 25.8 Å². The Morgan fingerprint density at radius 1 is 1.31 bits per heavy atom. The second-order valence-electron chi connectivity index (χ2n) is 6.51. The molecule has 6 heteroatoms. The zero-order chi connectivity index (χ0) is 18.1. The summed E-state index contributed by atoms with van der Waals surface area (Å²) in [5.41, 5.74) is 2.78. The second kappa shape index (κ2) is 6.96. The minimum atomic E-state index is -0.208. The molecular formula is C20H21N3O2S. The minimum Gasteiger partial charge on any atom is -0.495 e. The van der Waals surface area contributed by atoms with Crippen LogP contribution in [0.25, 0.3) is 10.2 Å². The summed E-state index contributed by atoms with van der Waals surface area (Å²) < 4.78 is 6.52. The Bertz CT molecular complexity index is 920. The number of methoxy groups -OCH3 is 1. The topological polar surface area (TPSA) is 54.5 Å². The maximum absolute atomic E-state index is 13.0. The Labute approximate surface area is 156 Å². The number of nitrogens with one attached hydrogen (secondary N) is 1. The third kappa shape index (κ3) is 3.12. The number of fused-ring (bicyclic) bond motifs is 1. The fraction of sp³-hybridized carbons (Fsp3) is 0.300. The van der Waals surface area contributed by atoms with Gasteiger partial charge in [0.2, 0.25) is 5.91 Å². The standard InChI is InChI=1S/C20H21N3O2S/c1-13-9-10-17(25-2)15(12-13)21-19(24)16-7-5-11-23(16)20-22-14-6-3-4-8-18(14)26-20/h3-4,6,8-10,12,16H,5,7,11H2,1-2H3,(H,21,24). The van der Waals surface area contributed by atoms with E-state index in [4.69, 9.17) is 9.72 Å². The zero-order valence-electron chi connectivity index (χ0n) is 14.9. The molecule has 1 amide bonds. The number of benzene rings is 2. The van der Waals surface area contributed by atoms with Gasteiger partial charge < -0.3 is 15.0 Å². The summed E-state index contributed by atoms with van der Waals surface area (Å²) in [6, 6.07) is 13.7. The van der Waals surface area contributed by atoms with E-state index in [-0.39, 0.29) is 11.9 Å². The van der Waals surface area contributed by atoms with Crippen molar-refractivity contribution in [3.05, 3.63) is 48.0 Å². The fourth-order valence-corrected chi connectivity index (χ4v) is 4.43. The van der Waals surface area contributed by atoms with Gasteiger partial charge in [-0.1, -0.05) is 29.5 Å². The predicted molar refractivity (Wildman–Crippen MR) is 106 cm³/mol. The smallest absolute Gasteiger partial charge is 0.247 e. The van der Waals surface area contributed by atoms with E-state index in [0.29, 0.717) is 11.4 Å². The molecule has 0 bridgehead atoms. The molecule has 0 radical (unpaired) electrons. The summed E-state index contributed by atoms with van der Waals surface area (Å²) in [6.07, 6.45) is 1.81. The van der Waals surface area contributed by atoms with Crippen molar-refractivity contribution >= 4 is 38.3 Å². The number of carbonyl (C=O) groups excluding carboxylic acids is 1. The first-order valence-electron chi connectivity index (χ1n) is 8.73. The summed E-state index contributed by atoms with van der Waals surface area (Å²) in [4.78, 5) is 19.8. The zero-order valence-corrected chi connectivity index (χ0v) is 15.7. The van der Waals surface area contributed by atoms with Gasteiger partial charge in [0.1, 0.15) is 11.8 Å². The van der Waals surface area contributed by atoms with E-state index in [1.54, 1.807) is 18.4 Å². The Balaban J connectivity index is 1.58. The van der Waals surface area contributed by atoms with Crippen LogP contribution < -0.4 is 15.0 Å². The van der Waals surface area contributed by atoms with Crippen LogP contribution in [0.1, 0.15) is 18.4 Å². The van der Waals surface area contributed by atoms with E-state index >= 15 is 0 Å². The lowest BCUT2D eigenvalue weighted by molar-refractivity contribution is -0.117. The number of aryl methyl sites for hydroxylation is 1. The molecule has 1 aliphatic heterocycles. The average Bonchev–Trinajstić information content (AvgIpc) is 3.28. The van der Waals surface area contributed by atoms with Crippen molar-refractivity contribution in [1.29, 1.82) is 0 Å². The van der Waals surface area contributed by atoms with E-state index in [9.17, 15) is 4.79 Å². The van der Waals surface area contributed by atoms with Crippen LogP contribution in [-0.4, -0.2) is 30.6 Å². The number of aromatic nitrogens is 1. The fourth-order valence-electron chi connectivity index (χ4n) is 3.39. The Kier molecular flexibility index (Phi) is 4.51. The summed E-state index contributed by atoms with van der Waals surface area (Å²) in [5, 5.41) is 3.97. The molecule has 5 nitrogen and oxygen atoms in total. The molecule has 26 heavy (non-hydrogen) atoms. The van der Waals surface area contributed by atoms with Crippen molar-refractivity contribution in [2.24, 2.45) is 0 Å². The van der Waals surface area contributed by atoms with Crippen LogP contribution in [0.5, 0.6) is 5.75 Å². The Morgan fingerprint density at radius 2 is 2.15 bits per heavy atom. The van der Waals surface area contributed by atoms with Crippen LogP contribution in [0, 0.1) is 6.92 Å². The van der Waals surface area contributed by atoms with Crippen molar-refractivity contribution in [1.82, 2.24) is 4.98 Å². The second-order valence-corrected chi connectivity index (χ2v) is 7.52. The molecule has 1 aromatic heterocycles. The normalized spacial score (nSPS) is 16.8. The van der Waals surface area contributed by atoms with Gasteiger partial charge >= 0.3 is 0 Å². The highest BCUT2D eigenvalue weighted by Gasteiger charge is 2.33. The van der Waals surface area contributed by atoms with E-state index in [0.717, 1.165) is 40.3 Å². The van der Waals surface area contributed by atoms with E-state index in [2.05, 4.69) is 16.3 Å². The summed E-state index contributed by atoms with van der Waals surface area (Å²) in [5.74, 6) is 0.666. The van der Waals surface area contributed by atoms with Gasteiger partial charge in [-0.15, -0.1) is 0 Å². The number of nitrogens with zero attached hydrogens (tertiary/aromatic N) is 2. The molecule has 1 atom stereocenters. The number of hydrogen-bond acceptors (Lipinski definition) is 5. The van der Waals surface area contributed by atoms with Crippen LogP contribution in [0.2, 0.25) is 0 Å². The maximum atomic E-state index is 13.0. The Hall–Kier alpha value is -2.60. The van der Waals surface area contributed by atoms with Gasteiger partial charge in [0.15, 0.2) is 5.13 Å². The van der Waals surface area contributed by atoms with Gasteiger partial charge in [0.05, 0.1) is 23.0 Å². The number of para-hydroxylation sites is 1. The first kappa shape index (κ1) is 16.8. The van der Waals surface area contributed by atoms with Crippen LogP contribution in [0.4, 0.5) is 10.8 Å². The highest BCUT2D eigenvalue weighted by molar-refractivity contribution is 7.22. The Morgan fingerprint density at radius 3 is 2.96 bits per heavy atom. The van der Waals surface area contributed by atoms with Crippen molar-refractivity contribution in [2.75, 3.05) is 23.9 Å². The SMILES string of the molecule is COc1ccc(C)cc1NC(=O)C1CCCN1c1nc2ccccc2s1. The maximum Gasteiger partial charge on any atom is 0.247 e. The highest BCUT2D eigenvalue weighted by atomic mass is 32.1. The van der Waals surface area contributed by atoms with Gasteiger partial charge in [0, 0.05) is 6.54 Å². The molecule has 0 spiro atoms. The largest absolute Gasteiger partial charge is 0.495 e. The van der Waals surface area contributed by atoms with Crippen LogP contribution in [-0.2, 0) is 4.79 Å². The van der Waals surface area contributed by atoms with Crippen molar-refractivity contribution in [3.8, 4) is 5.75 Å². The lowest BCUT2D eigenvalue weighted by atomic mass is 10.1. The summed E-state index contributed by atoms with van der Waals surface area (Å²) >= 11 is 1.64. The molecule has 1 N–H and O–H groups in total.